The van der Waals surface area contributed by atoms with Crippen LogP contribution in [0.3, 0.4) is 0 Å². The van der Waals surface area contributed by atoms with Crippen LogP contribution < -0.4 is 4.74 Å². The molecule has 0 atom stereocenters. The van der Waals surface area contributed by atoms with Crippen LogP contribution in [0.2, 0.25) is 5.02 Å². The highest BCUT2D eigenvalue weighted by Gasteiger charge is 2.21. The number of aromatic nitrogens is 3. The minimum atomic E-state index is 0.649. The smallest absolute Gasteiger partial charge is 0.155 e. The molecule has 5 heteroatoms. The number of hydrogen-bond acceptors (Lipinski definition) is 3. The Labute approximate surface area is 101 Å². The van der Waals surface area contributed by atoms with Crippen molar-refractivity contribution >= 4 is 22.6 Å². The lowest BCUT2D eigenvalue weighted by Gasteiger charge is -2.17. The zero-order valence-corrected chi connectivity index (χ0v) is 9.35. The fourth-order valence-electron chi connectivity index (χ4n) is 2.05. The van der Waals surface area contributed by atoms with E-state index in [9.17, 15) is 0 Å². The highest BCUT2D eigenvalue weighted by molar-refractivity contribution is 6.30. The van der Waals surface area contributed by atoms with E-state index in [2.05, 4.69) is 10.3 Å². The molecule has 0 aliphatic carbocycles. The quantitative estimate of drug-likeness (QED) is 0.476. The predicted molar refractivity (Wildman–Crippen MR) is 63.9 cm³/mol. The van der Waals surface area contributed by atoms with E-state index in [1.54, 1.807) is 10.7 Å². The zero-order valence-electron chi connectivity index (χ0n) is 8.59. The van der Waals surface area contributed by atoms with Gasteiger partial charge in [0.2, 0.25) is 0 Å². The third-order valence-electron chi connectivity index (χ3n) is 2.80. The van der Waals surface area contributed by atoms with Gasteiger partial charge in [-0.3, -0.25) is 0 Å². The first-order chi connectivity index (χ1) is 8.33. The third kappa shape index (κ3) is 1.13. The number of para-hydroxylation sites is 1. The van der Waals surface area contributed by atoms with E-state index in [0.717, 1.165) is 28.2 Å². The number of ether oxygens (including phenoxy) is 1. The molecule has 1 aliphatic heterocycles. The van der Waals surface area contributed by atoms with Crippen LogP contribution in [0.15, 0.2) is 36.4 Å². The molecular formula is C12H6ClN3O. The van der Waals surface area contributed by atoms with Crippen LogP contribution in [-0.4, -0.2) is 15.0 Å². The molecule has 0 fully saturated rings. The number of rotatable bonds is 0. The first-order valence-electron chi connectivity index (χ1n) is 5.15. The number of fused-ring (bicyclic) bond motifs is 2. The van der Waals surface area contributed by atoms with Crippen LogP contribution in [0, 0.1) is 0 Å². The number of hydrogen-bond donors (Lipinski definition) is 0. The fraction of sp³-hybridized carbons (Fsp3) is 0. The summed E-state index contributed by atoms with van der Waals surface area (Å²) < 4.78 is 7.56. The summed E-state index contributed by atoms with van der Waals surface area (Å²) in [4.78, 5) is 0. The van der Waals surface area contributed by atoms with Crippen LogP contribution in [0.4, 0.5) is 0 Å². The summed E-state index contributed by atoms with van der Waals surface area (Å²) in [6.07, 6.45) is 0. The molecule has 0 unspecified atom stereocenters. The van der Waals surface area contributed by atoms with Crippen molar-refractivity contribution in [2.45, 2.75) is 0 Å². The second-order valence-electron chi connectivity index (χ2n) is 3.84. The van der Waals surface area contributed by atoms with Crippen molar-refractivity contribution in [2.75, 3.05) is 0 Å². The highest BCUT2D eigenvalue weighted by atomic mass is 35.5. The Balaban J connectivity index is 2.17. The summed E-state index contributed by atoms with van der Waals surface area (Å²) in [5.74, 6) is 1.50. The van der Waals surface area contributed by atoms with Crippen molar-refractivity contribution in [3.8, 4) is 17.2 Å². The maximum atomic E-state index is 5.99. The van der Waals surface area contributed by atoms with Gasteiger partial charge in [0.15, 0.2) is 11.5 Å². The summed E-state index contributed by atoms with van der Waals surface area (Å²) in [6, 6.07) is 11.2. The summed E-state index contributed by atoms with van der Waals surface area (Å²) in [7, 11) is 0. The molecule has 0 spiro atoms. The minimum absolute atomic E-state index is 0.649. The standard InChI is InChI=1S/C12H6ClN3O/c13-7-4-5-10-9(6-7)16-12-8(14-15-16)2-1-3-11(12)17-10/h1-6H. The molecule has 4 nitrogen and oxygen atoms in total. The van der Waals surface area contributed by atoms with E-state index < -0.39 is 0 Å². The number of nitrogens with zero attached hydrogens (tertiary/aromatic N) is 3. The molecule has 3 aromatic rings. The SMILES string of the molecule is Clc1ccc2c(c1)-n1nnc3cccc(c31)O2. The molecule has 0 bridgehead atoms. The Kier molecular flexibility index (Phi) is 1.58. The van der Waals surface area contributed by atoms with Crippen LogP contribution in [0.25, 0.3) is 16.7 Å². The lowest BCUT2D eigenvalue weighted by atomic mass is 10.2. The Morgan fingerprint density at radius 2 is 2.06 bits per heavy atom. The van der Waals surface area contributed by atoms with E-state index in [1.165, 1.54) is 0 Å². The van der Waals surface area contributed by atoms with E-state index in [4.69, 9.17) is 16.3 Å². The van der Waals surface area contributed by atoms with Gasteiger partial charge in [0.05, 0.1) is 0 Å². The molecule has 2 aromatic carbocycles. The van der Waals surface area contributed by atoms with E-state index in [1.807, 2.05) is 30.3 Å². The van der Waals surface area contributed by atoms with Crippen LogP contribution in [0.1, 0.15) is 0 Å². The molecule has 1 aromatic heterocycles. The summed E-state index contributed by atoms with van der Waals surface area (Å²) in [5.41, 5.74) is 2.51. The molecule has 4 rings (SSSR count). The van der Waals surface area contributed by atoms with E-state index >= 15 is 0 Å². The normalized spacial score (nSPS) is 12.3. The molecule has 0 saturated heterocycles. The van der Waals surface area contributed by atoms with Gasteiger partial charge in [0.25, 0.3) is 0 Å². The van der Waals surface area contributed by atoms with Crippen molar-refractivity contribution in [1.82, 2.24) is 15.0 Å². The first kappa shape index (κ1) is 9.01. The van der Waals surface area contributed by atoms with Gasteiger partial charge in [-0.05, 0) is 30.3 Å². The molecule has 82 valence electrons. The monoisotopic (exact) mass is 243 g/mol. The molecule has 2 heterocycles. The second-order valence-corrected chi connectivity index (χ2v) is 4.28. The van der Waals surface area contributed by atoms with Crippen molar-refractivity contribution in [3.05, 3.63) is 41.4 Å². The molecule has 0 amide bonds. The van der Waals surface area contributed by atoms with Crippen LogP contribution >= 0.6 is 11.6 Å². The lowest BCUT2D eigenvalue weighted by Crippen LogP contribution is -2.05. The maximum Gasteiger partial charge on any atom is 0.155 e. The van der Waals surface area contributed by atoms with Gasteiger partial charge in [-0.15, -0.1) is 5.10 Å². The summed E-state index contributed by atoms with van der Waals surface area (Å²) in [6.45, 7) is 0. The van der Waals surface area contributed by atoms with Gasteiger partial charge in [0.1, 0.15) is 16.7 Å². The zero-order chi connectivity index (χ0) is 11.4. The van der Waals surface area contributed by atoms with Crippen LogP contribution in [0.5, 0.6) is 11.5 Å². The van der Waals surface area contributed by atoms with E-state index in [0.29, 0.717) is 5.02 Å². The van der Waals surface area contributed by atoms with Gasteiger partial charge in [0, 0.05) is 5.02 Å². The Morgan fingerprint density at radius 3 is 3.00 bits per heavy atom. The Bertz CT molecular complexity index is 751. The van der Waals surface area contributed by atoms with Crippen molar-refractivity contribution in [3.63, 3.8) is 0 Å². The van der Waals surface area contributed by atoms with Gasteiger partial charge < -0.3 is 4.74 Å². The average molecular weight is 244 g/mol. The molecule has 0 radical (unpaired) electrons. The minimum Gasteiger partial charge on any atom is -0.453 e. The topological polar surface area (TPSA) is 39.9 Å². The highest BCUT2D eigenvalue weighted by Crippen LogP contribution is 2.39. The van der Waals surface area contributed by atoms with Gasteiger partial charge in [-0.2, -0.15) is 0 Å². The largest absolute Gasteiger partial charge is 0.453 e. The van der Waals surface area contributed by atoms with E-state index in [-0.39, 0.29) is 0 Å². The molecule has 1 aliphatic rings. The number of halogens is 1. The number of benzene rings is 2. The first-order valence-corrected chi connectivity index (χ1v) is 5.53. The average Bonchev–Trinajstić information content (AvgIpc) is 2.77. The Morgan fingerprint density at radius 1 is 1.12 bits per heavy atom. The van der Waals surface area contributed by atoms with Crippen molar-refractivity contribution in [2.24, 2.45) is 0 Å². The third-order valence-corrected chi connectivity index (χ3v) is 3.04. The molecular weight excluding hydrogens is 238 g/mol. The summed E-state index contributed by atoms with van der Waals surface area (Å²) >= 11 is 5.99. The molecule has 0 saturated carbocycles. The molecule has 17 heavy (non-hydrogen) atoms. The maximum absolute atomic E-state index is 5.99. The fourth-order valence-corrected chi connectivity index (χ4v) is 2.22. The predicted octanol–water partition coefficient (Wildman–Crippen LogP) is 3.18. The van der Waals surface area contributed by atoms with Crippen molar-refractivity contribution in [1.29, 1.82) is 0 Å². The van der Waals surface area contributed by atoms with Gasteiger partial charge in [-0.1, -0.05) is 22.9 Å². The van der Waals surface area contributed by atoms with Gasteiger partial charge in [-0.25, -0.2) is 4.68 Å². The molecule has 0 N–H and O–H groups in total. The van der Waals surface area contributed by atoms with Crippen LogP contribution in [-0.2, 0) is 0 Å². The second kappa shape index (κ2) is 2.99. The summed E-state index contributed by atoms with van der Waals surface area (Å²) in [5, 5.41) is 8.89. The Hall–Kier alpha value is -2.07. The van der Waals surface area contributed by atoms with Gasteiger partial charge >= 0.3 is 0 Å². The lowest BCUT2D eigenvalue weighted by molar-refractivity contribution is 0.471. The van der Waals surface area contributed by atoms with Crippen molar-refractivity contribution < 1.29 is 4.74 Å².